The van der Waals surface area contributed by atoms with E-state index in [-0.39, 0.29) is 12.2 Å². The number of thiophene rings is 1. The lowest BCUT2D eigenvalue weighted by Crippen LogP contribution is -2.39. The molecule has 4 heterocycles. The van der Waals surface area contributed by atoms with Gasteiger partial charge >= 0.3 is 5.97 Å². The number of allylic oxidation sites excluding steroid dienone is 1. The number of fused-ring (bicyclic) bond motifs is 1. The summed E-state index contributed by atoms with van der Waals surface area (Å²) < 4.78 is 9.27. The van der Waals surface area contributed by atoms with Gasteiger partial charge in [-0.15, -0.1) is 11.3 Å². The van der Waals surface area contributed by atoms with E-state index in [0.717, 1.165) is 21.8 Å². The van der Waals surface area contributed by atoms with Crippen molar-refractivity contribution >= 4 is 34.7 Å². The van der Waals surface area contributed by atoms with Gasteiger partial charge in [-0.2, -0.15) is 5.10 Å². The number of hydrogen-bond acceptors (Lipinski definition) is 7. The molecular weight excluding hydrogens is 420 g/mol. The van der Waals surface area contributed by atoms with Crippen LogP contribution < -0.4 is 14.9 Å². The number of hydrogen-bond donors (Lipinski definition) is 0. The maximum atomic E-state index is 13.5. The molecule has 4 rings (SSSR count). The summed E-state index contributed by atoms with van der Waals surface area (Å²) in [6.45, 7) is 7.71. The van der Waals surface area contributed by atoms with Gasteiger partial charge in [0.2, 0.25) is 0 Å². The third-order valence-electron chi connectivity index (χ3n) is 5.17. The number of ether oxygens (including phenoxy) is 1. The summed E-state index contributed by atoms with van der Waals surface area (Å²) in [4.78, 5) is 32.3. The summed E-state index contributed by atoms with van der Waals surface area (Å²) >= 11 is 2.83. The van der Waals surface area contributed by atoms with E-state index in [2.05, 4.69) is 10.1 Å². The smallest absolute Gasteiger partial charge is 0.338 e. The highest BCUT2D eigenvalue weighted by Gasteiger charge is 2.33. The number of rotatable bonds is 4. The summed E-state index contributed by atoms with van der Waals surface area (Å²) in [6.07, 6.45) is 1.87. The monoisotopic (exact) mass is 442 g/mol. The Hall–Kier alpha value is -2.78. The van der Waals surface area contributed by atoms with Gasteiger partial charge in [-0.1, -0.05) is 17.4 Å². The van der Waals surface area contributed by atoms with Crippen LogP contribution in [0, 0.1) is 13.8 Å². The van der Waals surface area contributed by atoms with E-state index in [1.54, 1.807) is 23.1 Å². The minimum absolute atomic E-state index is 0.172. The number of esters is 1. The third-order valence-corrected chi connectivity index (χ3v) is 7.08. The zero-order chi connectivity index (χ0) is 21.6. The summed E-state index contributed by atoms with van der Waals surface area (Å²) in [6, 6.07) is 3.30. The van der Waals surface area contributed by atoms with Crippen molar-refractivity contribution in [2.24, 2.45) is 12.0 Å². The molecule has 0 spiro atoms. The first-order valence-corrected chi connectivity index (χ1v) is 11.3. The Balaban J connectivity index is 1.97. The molecule has 1 aliphatic heterocycles. The van der Waals surface area contributed by atoms with Crippen LogP contribution >= 0.6 is 22.7 Å². The fourth-order valence-corrected chi connectivity index (χ4v) is 5.49. The van der Waals surface area contributed by atoms with E-state index in [1.165, 1.54) is 22.7 Å². The molecule has 156 valence electrons. The summed E-state index contributed by atoms with van der Waals surface area (Å²) in [5, 5.41) is 6.37. The predicted molar refractivity (Wildman–Crippen MR) is 117 cm³/mol. The van der Waals surface area contributed by atoms with E-state index >= 15 is 0 Å². The molecule has 0 N–H and O–H groups in total. The Bertz CT molecular complexity index is 1340. The topological polar surface area (TPSA) is 78.5 Å². The van der Waals surface area contributed by atoms with Gasteiger partial charge < -0.3 is 4.74 Å². The van der Waals surface area contributed by atoms with Gasteiger partial charge in [-0.05, 0) is 45.2 Å². The summed E-state index contributed by atoms with van der Waals surface area (Å²) in [5.74, 6) is -0.439. The van der Waals surface area contributed by atoms with Crippen molar-refractivity contribution in [2.75, 3.05) is 6.61 Å². The molecule has 0 saturated heterocycles. The summed E-state index contributed by atoms with van der Waals surface area (Å²) in [5.41, 5.74) is 3.59. The fraction of sp³-hybridized carbons (Fsp3) is 0.333. The molecule has 1 unspecified atom stereocenters. The van der Waals surface area contributed by atoms with Gasteiger partial charge in [0.05, 0.1) is 28.1 Å². The van der Waals surface area contributed by atoms with Crippen molar-refractivity contribution in [3.8, 4) is 0 Å². The van der Waals surface area contributed by atoms with Crippen LogP contribution in [0.3, 0.4) is 0 Å². The number of aromatic nitrogens is 3. The largest absolute Gasteiger partial charge is 0.463 e. The standard InChI is InChI=1S/C21H22N4O3S2/c1-6-28-20(27)17-12(3)22-21-25(18(17)15-8-7-9-29-15)19(26)16(30-21)10-14-11(2)23-24(5)13(14)4/h7-10,18H,6H2,1-5H3. The number of thiazole rings is 1. The average Bonchev–Trinajstić information content (AvgIpc) is 3.38. The van der Waals surface area contributed by atoms with Crippen LogP contribution in [0.5, 0.6) is 0 Å². The zero-order valence-corrected chi connectivity index (χ0v) is 19.1. The molecule has 0 radical (unpaired) electrons. The number of nitrogens with zero attached hydrogens (tertiary/aromatic N) is 4. The minimum atomic E-state index is -0.543. The van der Waals surface area contributed by atoms with Crippen LogP contribution in [0.15, 0.2) is 38.6 Å². The number of aryl methyl sites for hydroxylation is 2. The minimum Gasteiger partial charge on any atom is -0.463 e. The van der Waals surface area contributed by atoms with E-state index in [1.807, 2.05) is 44.5 Å². The normalized spacial score (nSPS) is 16.6. The summed E-state index contributed by atoms with van der Waals surface area (Å²) in [7, 11) is 1.88. The van der Waals surface area contributed by atoms with Gasteiger partial charge in [0.1, 0.15) is 6.04 Å². The van der Waals surface area contributed by atoms with E-state index in [0.29, 0.717) is 20.6 Å². The Morgan fingerprint density at radius 1 is 1.33 bits per heavy atom. The van der Waals surface area contributed by atoms with E-state index in [4.69, 9.17) is 4.74 Å². The second-order valence-corrected chi connectivity index (χ2v) is 9.01. The molecular formula is C21H22N4O3S2. The maximum Gasteiger partial charge on any atom is 0.338 e. The van der Waals surface area contributed by atoms with Crippen LogP contribution in [-0.2, 0) is 16.6 Å². The second kappa shape index (κ2) is 7.81. The molecule has 3 aromatic rings. The molecule has 1 aliphatic rings. The molecule has 0 bridgehead atoms. The Morgan fingerprint density at radius 2 is 2.10 bits per heavy atom. The highest BCUT2D eigenvalue weighted by atomic mass is 32.1. The average molecular weight is 443 g/mol. The Kier molecular flexibility index (Phi) is 5.33. The van der Waals surface area contributed by atoms with Crippen molar-refractivity contribution in [1.82, 2.24) is 14.3 Å². The SMILES string of the molecule is CCOC(=O)C1=C(C)N=c2sc(=Cc3c(C)nn(C)c3C)c(=O)n2C1c1cccs1. The number of carbonyl (C=O) groups is 1. The van der Waals surface area contributed by atoms with E-state index in [9.17, 15) is 9.59 Å². The molecule has 9 heteroatoms. The molecule has 0 amide bonds. The van der Waals surface area contributed by atoms with Gasteiger partial charge in [-0.3, -0.25) is 14.0 Å². The Labute approximate surface area is 181 Å². The molecule has 1 atom stereocenters. The predicted octanol–water partition coefficient (Wildman–Crippen LogP) is 2.21. The van der Waals surface area contributed by atoms with Gasteiger partial charge in [0.25, 0.3) is 5.56 Å². The highest BCUT2D eigenvalue weighted by Crippen LogP contribution is 2.33. The highest BCUT2D eigenvalue weighted by molar-refractivity contribution is 7.10. The lowest BCUT2D eigenvalue weighted by Gasteiger charge is -2.23. The zero-order valence-electron chi connectivity index (χ0n) is 17.4. The van der Waals surface area contributed by atoms with Crippen LogP contribution in [0.1, 0.15) is 41.7 Å². The molecule has 3 aromatic heterocycles. The fourth-order valence-electron chi connectivity index (χ4n) is 3.64. The molecule has 0 saturated carbocycles. The molecule has 30 heavy (non-hydrogen) atoms. The maximum absolute atomic E-state index is 13.5. The lowest BCUT2D eigenvalue weighted by molar-refractivity contribution is -0.139. The quantitative estimate of drug-likeness (QED) is 0.581. The van der Waals surface area contributed by atoms with Gasteiger partial charge in [-0.25, -0.2) is 9.79 Å². The lowest BCUT2D eigenvalue weighted by atomic mass is 10.0. The first kappa shape index (κ1) is 20.5. The van der Waals surface area contributed by atoms with Crippen LogP contribution in [0.4, 0.5) is 0 Å². The first-order chi connectivity index (χ1) is 14.3. The van der Waals surface area contributed by atoms with Crippen LogP contribution in [0.25, 0.3) is 6.08 Å². The molecule has 0 aliphatic carbocycles. The van der Waals surface area contributed by atoms with Crippen molar-refractivity contribution in [3.63, 3.8) is 0 Å². The van der Waals surface area contributed by atoms with Crippen molar-refractivity contribution in [1.29, 1.82) is 0 Å². The molecule has 0 aromatic carbocycles. The van der Waals surface area contributed by atoms with Crippen molar-refractivity contribution in [3.05, 3.63) is 70.3 Å². The van der Waals surface area contributed by atoms with Crippen LogP contribution in [0.2, 0.25) is 0 Å². The second-order valence-electron chi connectivity index (χ2n) is 7.03. The van der Waals surface area contributed by atoms with Gasteiger partial charge in [0.15, 0.2) is 4.80 Å². The van der Waals surface area contributed by atoms with Crippen molar-refractivity contribution in [2.45, 2.75) is 33.7 Å². The number of carbonyl (C=O) groups excluding carboxylic acids is 1. The van der Waals surface area contributed by atoms with Gasteiger partial charge in [0, 0.05) is 23.2 Å². The Morgan fingerprint density at radius 3 is 2.70 bits per heavy atom. The third kappa shape index (κ3) is 3.27. The molecule has 0 fully saturated rings. The first-order valence-electron chi connectivity index (χ1n) is 9.56. The van der Waals surface area contributed by atoms with Crippen molar-refractivity contribution < 1.29 is 9.53 Å². The van der Waals surface area contributed by atoms with E-state index < -0.39 is 12.0 Å². The van der Waals surface area contributed by atoms with Crippen LogP contribution in [-0.4, -0.2) is 26.9 Å². The molecule has 7 nitrogen and oxygen atoms in total.